The van der Waals surface area contributed by atoms with Crippen molar-refractivity contribution in [3.63, 3.8) is 0 Å². The minimum absolute atomic E-state index is 0.377. The Balaban J connectivity index is 5.19. The van der Waals surface area contributed by atoms with Crippen LogP contribution in [0.15, 0.2) is 25.6 Å². The van der Waals surface area contributed by atoms with E-state index >= 15 is 0 Å². The summed E-state index contributed by atoms with van der Waals surface area (Å²) in [5.41, 5.74) is -1.30. The lowest BCUT2D eigenvalue weighted by molar-refractivity contribution is -0.131. The van der Waals surface area contributed by atoms with Crippen LogP contribution in [-0.2, 0) is 14.3 Å². The Morgan fingerprint density at radius 1 is 0.875 bits per heavy atom. The second-order valence-electron chi connectivity index (χ2n) is 7.32. The summed E-state index contributed by atoms with van der Waals surface area (Å²) in [6.45, 7) is 19.8. The Kier molecular flexibility index (Phi) is 8.41. The number of amides is 2. The van der Waals surface area contributed by atoms with Crippen molar-refractivity contribution in [1.82, 2.24) is 9.80 Å². The number of hydrogen-bond acceptors (Lipinski definition) is 3. The summed E-state index contributed by atoms with van der Waals surface area (Å²) in [5, 5.41) is 0. The highest BCUT2D eigenvalue weighted by atomic mass is 16.5. The lowest BCUT2D eigenvalue weighted by atomic mass is 9.84. The first kappa shape index (κ1) is 22.4. The topological polar surface area (TPSA) is 49.9 Å². The van der Waals surface area contributed by atoms with E-state index in [2.05, 4.69) is 13.2 Å². The predicted molar refractivity (Wildman–Crippen MR) is 98.2 cm³/mol. The Bertz CT molecular complexity index is 434. The normalized spacial score (nSPS) is 16.4. The van der Waals surface area contributed by atoms with Gasteiger partial charge in [0.05, 0.1) is 17.7 Å². The SMILES string of the molecule is C=CN(C=O)C(C)(CC)COC(C)(C)CC(C)(CC)N(C=C)C=O. The first-order valence-electron chi connectivity index (χ1n) is 8.44. The zero-order valence-corrected chi connectivity index (χ0v) is 16.2. The fraction of sp³-hybridized carbons (Fsp3) is 0.684. The van der Waals surface area contributed by atoms with Crippen LogP contribution in [-0.4, -0.2) is 45.9 Å². The molecule has 0 saturated heterocycles. The van der Waals surface area contributed by atoms with E-state index in [9.17, 15) is 9.59 Å². The highest BCUT2D eigenvalue weighted by molar-refractivity contribution is 5.51. The summed E-state index contributed by atoms with van der Waals surface area (Å²) in [6.07, 6.45) is 6.82. The first-order chi connectivity index (χ1) is 11.1. The lowest BCUT2D eigenvalue weighted by Crippen LogP contribution is -2.51. The lowest BCUT2D eigenvalue weighted by Gasteiger charge is -2.44. The molecule has 0 bridgehead atoms. The maximum atomic E-state index is 11.3. The van der Waals surface area contributed by atoms with Crippen molar-refractivity contribution in [1.29, 1.82) is 0 Å². The molecule has 5 heteroatoms. The summed E-state index contributed by atoms with van der Waals surface area (Å²) in [7, 11) is 0. The van der Waals surface area contributed by atoms with Gasteiger partial charge in [0.15, 0.2) is 0 Å². The molecule has 0 aromatic rings. The molecule has 138 valence electrons. The van der Waals surface area contributed by atoms with Gasteiger partial charge >= 0.3 is 0 Å². The van der Waals surface area contributed by atoms with Gasteiger partial charge in [-0.05, 0) is 53.2 Å². The molecule has 0 aliphatic heterocycles. The van der Waals surface area contributed by atoms with Gasteiger partial charge in [0.1, 0.15) is 0 Å². The van der Waals surface area contributed by atoms with Gasteiger partial charge in [-0.3, -0.25) is 9.59 Å². The van der Waals surface area contributed by atoms with Crippen molar-refractivity contribution >= 4 is 12.8 Å². The summed E-state index contributed by atoms with van der Waals surface area (Å²) in [5.74, 6) is 0. The largest absolute Gasteiger partial charge is 0.373 e. The smallest absolute Gasteiger partial charge is 0.214 e. The molecule has 2 unspecified atom stereocenters. The van der Waals surface area contributed by atoms with Gasteiger partial charge in [0, 0.05) is 11.7 Å². The van der Waals surface area contributed by atoms with Gasteiger partial charge in [-0.1, -0.05) is 27.0 Å². The second kappa shape index (κ2) is 9.02. The van der Waals surface area contributed by atoms with Crippen molar-refractivity contribution in [2.45, 2.75) is 77.5 Å². The van der Waals surface area contributed by atoms with Gasteiger partial charge < -0.3 is 14.5 Å². The first-order valence-corrected chi connectivity index (χ1v) is 8.44. The maximum Gasteiger partial charge on any atom is 0.214 e. The molecule has 5 nitrogen and oxygen atoms in total. The molecule has 0 aliphatic rings. The van der Waals surface area contributed by atoms with Crippen LogP contribution < -0.4 is 0 Å². The molecular formula is C19H34N2O3. The third kappa shape index (κ3) is 5.48. The molecular weight excluding hydrogens is 304 g/mol. The summed E-state index contributed by atoms with van der Waals surface area (Å²) >= 11 is 0. The predicted octanol–water partition coefficient (Wildman–Crippen LogP) is 3.71. The molecule has 0 aliphatic carbocycles. The summed E-state index contributed by atoms with van der Waals surface area (Å²) in [6, 6.07) is 0. The van der Waals surface area contributed by atoms with Crippen molar-refractivity contribution in [3.8, 4) is 0 Å². The molecule has 0 heterocycles. The Morgan fingerprint density at radius 3 is 1.62 bits per heavy atom. The average molecular weight is 338 g/mol. The number of hydrogen-bond donors (Lipinski definition) is 0. The third-order valence-electron chi connectivity index (χ3n) is 4.97. The number of nitrogens with zero attached hydrogens (tertiary/aromatic N) is 2. The highest BCUT2D eigenvalue weighted by Crippen LogP contribution is 2.32. The zero-order valence-electron chi connectivity index (χ0n) is 16.2. The fourth-order valence-electron chi connectivity index (χ4n) is 2.86. The number of carbonyl (C=O) groups excluding carboxylic acids is 2. The van der Waals surface area contributed by atoms with E-state index in [1.165, 1.54) is 6.20 Å². The van der Waals surface area contributed by atoms with Crippen LogP contribution in [0.2, 0.25) is 0 Å². The Hall–Kier alpha value is -1.62. The van der Waals surface area contributed by atoms with E-state index in [4.69, 9.17) is 4.74 Å². The van der Waals surface area contributed by atoms with Gasteiger partial charge in [0.2, 0.25) is 12.8 Å². The van der Waals surface area contributed by atoms with Crippen LogP contribution in [0.1, 0.15) is 60.8 Å². The number of carbonyl (C=O) groups is 2. The van der Waals surface area contributed by atoms with E-state index in [0.717, 1.165) is 25.7 Å². The van der Waals surface area contributed by atoms with Crippen LogP contribution in [0.3, 0.4) is 0 Å². The van der Waals surface area contributed by atoms with Gasteiger partial charge in [-0.15, -0.1) is 0 Å². The highest BCUT2D eigenvalue weighted by Gasteiger charge is 2.37. The molecule has 0 aromatic heterocycles. The zero-order chi connectivity index (χ0) is 19.0. The standard InChI is InChI=1S/C19H34N2O3/c1-9-18(7,20(11-3)15-22)13-17(5,6)24-14-19(8,10-2)21(12-4)16-23/h11-12,15-16H,3-4,9-10,13-14H2,1-2,5-8H3. The molecule has 2 atom stereocenters. The number of ether oxygens (including phenoxy) is 1. The molecule has 0 fully saturated rings. The van der Waals surface area contributed by atoms with E-state index in [1.54, 1.807) is 16.0 Å². The van der Waals surface area contributed by atoms with Crippen LogP contribution in [0.5, 0.6) is 0 Å². The fourth-order valence-corrected chi connectivity index (χ4v) is 2.86. The summed E-state index contributed by atoms with van der Waals surface area (Å²) < 4.78 is 6.18. The van der Waals surface area contributed by atoms with E-state index < -0.39 is 11.1 Å². The van der Waals surface area contributed by atoms with E-state index in [-0.39, 0.29) is 5.54 Å². The van der Waals surface area contributed by atoms with E-state index in [0.29, 0.717) is 13.0 Å². The minimum atomic E-state index is -0.471. The molecule has 0 N–H and O–H groups in total. The molecule has 0 saturated carbocycles. The molecule has 0 aromatic carbocycles. The quantitative estimate of drug-likeness (QED) is 0.481. The molecule has 0 radical (unpaired) electrons. The van der Waals surface area contributed by atoms with Crippen LogP contribution >= 0.6 is 0 Å². The Morgan fingerprint density at radius 2 is 1.29 bits per heavy atom. The van der Waals surface area contributed by atoms with Crippen LogP contribution in [0.4, 0.5) is 0 Å². The molecule has 2 amide bonds. The maximum absolute atomic E-state index is 11.3. The van der Waals surface area contributed by atoms with Gasteiger partial charge in [-0.2, -0.15) is 0 Å². The van der Waals surface area contributed by atoms with Crippen molar-refractivity contribution in [2.75, 3.05) is 6.61 Å². The molecule has 24 heavy (non-hydrogen) atoms. The van der Waals surface area contributed by atoms with Gasteiger partial charge in [0.25, 0.3) is 0 Å². The van der Waals surface area contributed by atoms with Gasteiger partial charge in [-0.25, -0.2) is 0 Å². The second-order valence-corrected chi connectivity index (χ2v) is 7.32. The number of rotatable bonds is 13. The molecule has 0 spiro atoms. The van der Waals surface area contributed by atoms with Crippen molar-refractivity contribution in [2.24, 2.45) is 0 Å². The van der Waals surface area contributed by atoms with Crippen molar-refractivity contribution in [3.05, 3.63) is 25.6 Å². The minimum Gasteiger partial charge on any atom is -0.373 e. The average Bonchev–Trinajstić information content (AvgIpc) is 2.54. The monoisotopic (exact) mass is 338 g/mol. The van der Waals surface area contributed by atoms with Crippen LogP contribution in [0, 0.1) is 0 Å². The van der Waals surface area contributed by atoms with Crippen LogP contribution in [0.25, 0.3) is 0 Å². The third-order valence-corrected chi connectivity index (χ3v) is 4.97. The summed E-state index contributed by atoms with van der Waals surface area (Å²) in [4.78, 5) is 25.7. The molecule has 0 rings (SSSR count). The Labute approximate surface area is 147 Å². The van der Waals surface area contributed by atoms with Crippen molar-refractivity contribution < 1.29 is 14.3 Å². The van der Waals surface area contributed by atoms with E-state index in [1.807, 2.05) is 41.5 Å².